The minimum atomic E-state index is -1.22. The van der Waals surface area contributed by atoms with E-state index in [1.807, 2.05) is 61.5 Å². The Morgan fingerprint density at radius 2 is 2.03 bits per heavy atom. The van der Waals surface area contributed by atoms with Crippen LogP contribution in [0.15, 0.2) is 70.6 Å². The summed E-state index contributed by atoms with van der Waals surface area (Å²) in [6.07, 6.45) is 5.80. The maximum Gasteiger partial charge on any atom is 0.294 e. The van der Waals surface area contributed by atoms with Crippen LogP contribution in [0.4, 0.5) is 0 Å². The molecule has 31 heavy (non-hydrogen) atoms. The number of ether oxygens (including phenoxy) is 1. The number of benzene rings is 2. The topological polar surface area (TPSA) is 108 Å². The van der Waals surface area contributed by atoms with E-state index in [0.717, 1.165) is 22.1 Å². The quantitative estimate of drug-likeness (QED) is 0.508. The highest BCUT2D eigenvalue weighted by atomic mass is 16.5. The van der Waals surface area contributed by atoms with Crippen LogP contribution in [0.3, 0.4) is 0 Å². The molecule has 0 radical (unpaired) electrons. The standard InChI is InChI=1S/C24H22N4O3/c1-16-6-5-9-18-13-26-21(23(30)28-22(16)18)14-31-24(27-15-29)11-19(10-20(25)12-24)17-7-3-2-4-8-17/h2-10,13,20H,11-12,14,25H2,1H3/t20-,24-/m1/s1. The molecule has 156 valence electrons. The summed E-state index contributed by atoms with van der Waals surface area (Å²) in [5, 5.41) is 0.762. The first-order chi connectivity index (χ1) is 15.0. The maximum absolute atomic E-state index is 12.7. The molecule has 0 unspecified atom stereocenters. The highest BCUT2D eigenvalue weighted by molar-refractivity contribution is 5.80. The fourth-order valence-electron chi connectivity index (χ4n) is 3.88. The van der Waals surface area contributed by atoms with Gasteiger partial charge in [0.1, 0.15) is 5.69 Å². The minimum absolute atomic E-state index is 0.139. The highest BCUT2D eigenvalue weighted by Gasteiger charge is 2.38. The number of hydrogen-bond donors (Lipinski definition) is 1. The molecular weight excluding hydrogens is 392 g/mol. The van der Waals surface area contributed by atoms with Crippen LogP contribution in [0, 0.1) is 6.92 Å². The first-order valence-electron chi connectivity index (χ1n) is 10.00. The van der Waals surface area contributed by atoms with Crippen molar-refractivity contribution in [1.82, 2.24) is 9.97 Å². The molecule has 0 bridgehead atoms. The third-order valence-electron chi connectivity index (χ3n) is 5.40. The third-order valence-corrected chi connectivity index (χ3v) is 5.40. The zero-order chi connectivity index (χ0) is 21.8. The molecule has 1 aromatic heterocycles. The molecule has 1 aliphatic carbocycles. The summed E-state index contributed by atoms with van der Waals surface area (Å²) >= 11 is 0. The molecule has 2 N–H and O–H groups in total. The van der Waals surface area contributed by atoms with E-state index in [9.17, 15) is 9.59 Å². The number of aromatic nitrogens is 2. The number of nitrogens with zero attached hydrogens (tertiary/aromatic N) is 3. The van der Waals surface area contributed by atoms with Crippen molar-refractivity contribution in [3.05, 3.63) is 88.0 Å². The van der Waals surface area contributed by atoms with Crippen molar-refractivity contribution < 1.29 is 9.53 Å². The van der Waals surface area contributed by atoms with Gasteiger partial charge in [0.05, 0.1) is 12.1 Å². The lowest BCUT2D eigenvalue weighted by atomic mass is 9.85. The summed E-state index contributed by atoms with van der Waals surface area (Å²) in [5.41, 5.74) is 8.06. The smallest absolute Gasteiger partial charge is 0.294 e. The maximum atomic E-state index is 12.7. The van der Waals surface area contributed by atoms with E-state index in [4.69, 9.17) is 10.5 Å². The van der Waals surface area contributed by atoms with E-state index >= 15 is 0 Å². The van der Waals surface area contributed by atoms with Crippen LogP contribution in [0.25, 0.3) is 16.5 Å². The summed E-state index contributed by atoms with van der Waals surface area (Å²) in [7, 11) is 0. The summed E-state index contributed by atoms with van der Waals surface area (Å²) in [4.78, 5) is 36.4. The molecule has 7 nitrogen and oxygen atoms in total. The number of rotatable bonds is 5. The van der Waals surface area contributed by atoms with E-state index in [1.165, 1.54) is 0 Å². The van der Waals surface area contributed by atoms with Gasteiger partial charge in [-0.2, -0.15) is 4.99 Å². The Morgan fingerprint density at radius 1 is 1.23 bits per heavy atom. The van der Waals surface area contributed by atoms with E-state index < -0.39 is 11.3 Å². The van der Waals surface area contributed by atoms with Crippen LogP contribution in [0.2, 0.25) is 0 Å². The predicted molar refractivity (Wildman–Crippen MR) is 118 cm³/mol. The highest BCUT2D eigenvalue weighted by Crippen LogP contribution is 2.37. The second kappa shape index (κ2) is 8.70. The van der Waals surface area contributed by atoms with Gasteiger partial charge < -0.3 is 10.5 Å². The van der Waals surface area contributed by atoms with Gasteiger partial charge in [-0.3, -0.25) is 9.78 Å². The molecule has 0 amide bonds. The molecular formula is C24H22N4O3. The number of aliphatic imine (C=N–C) groups is 1. The average molecular weight is 414 g/mol. The van der Waals surface area contributed by atoms with Gasteiger partial charge in [-0.15, -0.1) is 0 Å². The van der Waals surface area contributed by atoms with Crippen LogP contribution in [-0.2, 0) is 16.1 Å². The summed E-state index contributed by atoms with van der Waals surface area (Å²) < 4.78 is 6.05. The Bertz CT molecular complexity index is 1250. The van der Waals surface area contributed by atoms with Crippen molar-refractivity contribution in [2.24, 2.45) is 10.7 Å². The number of fused-ring (bicyclic) bond motifs is 1. The van der Waals surface area contributed by atoms with Crippen molar-refractivity contribution in [3.8, 4) is 0 Å². The lowest BCUT2D eigenvalue weighted by Crippen LogP contribution is -2.41. The Morgan fingerprint density at radius 3 is 2.81 bits per heavy atom. The number of aryl methyl sites for hydroxylation is 1. The molecule has 0 aliphatic heterocycles. The van der Waals surface area contributed by atoms with Crippen molar-refractivity contribution in [2.75, 3.05) is 0 Å². The van der Waals surface area contributed by atoms with Crippen LogP contribution in [0.5, 0.6) is 0 Å². The van der Waals surface area contributed by atoms with Crippen molar-refractivity contribution in [1.29, 1.82) is 0 Å². The predicted octanol–water partition coefficient (Wildman–Crippen LogP) is 3.05. The molecule has 1 heterocycles. The van der Waals surface area contributed by atoms with Gasteiger partial charge in [-0.25, -0.2) is 9.78 Å². The fraction of sp³-hybridized carbons (Fsp3) is 0.250. The zero-order valence-electron chi connectivity index (χ0n) is 17.1. The van der Waals surface area contributed by atoms with Gasteiger partial charge in [0.25, 0.3) is 5.56 Å². The molecule has 2 aromatic carbocycles. The van der Waals surface area contributed by atoms with Crippen LogP contribution < -0.4 is 11.3 Å². The summed E-state index contributed by atoms with van der Waals surface area (Å²) in [6, 6.07) is 15.0. The summed E-state index contributed by atoms with van der Waals surface area (Å²) in [5.74, 6) is 0. The second-order valence-corrected chi connectivity index (χ2v) is 7.68. The van der Waals surface area contributed by atoms with E-state index in [0.29, 0.717) is 18.4 Å². The Balaban J connectivity index is 1.65. The van der Waals surface area contributed by atoms with E-state index in [1.54, 1.807) is 12.3 Å². The van der Waals surface area contributed by atoms with E-state index in [2.05, 4.69) is 15.0 Å². The molecule has 2 atom stereocenters. The van der Waals surface area contributed by atoms with Crippen LogP contribution in [-0.4, -0.2) is 27.8 Å². The minimum Gasteiger partial charge on any atom is -0.346 e. The van der Waals surface area contributed by atoms with Gasteiger partial charge >= 0.3 is 0 Å². The van der Waals surface area contributed by atoms with E-state index in [-0.39, 0.29) is 18.3 Å². The van der Waals surface area contributed by atoms with Gasteiger partial charge in [0, 0.05) is 30.5 Å². The van der Waals surface area contributed by atoms with Crippen LogP contribution in [0.1, 0.15) is 29.7 Å². The number of hydrogen-bond acceptors (Lipinski definition) is 7. The van der Waals surface area contributed by atoms with Crippen molar-refractivity contribution in [2.45, 2.75) is 38.1 Å². The monoisotopic (exact) mass is 414 g/mol. The lowest BCUT2D eigenvalue weighted by Gasteiger charge is -2.35. The van der Waals surface area contributed by atoms with Gasteiger partial charge in [-0.05, 0) is 23.6 Å². The molecule has 0 spiro atoms. The lowest BCUT2D eigenvalue weighted by molar-refractivity contribution is -0.0580. The Kier molecular flexibility index (Phi) is 5.82. The molecule has 0 saturated carbocycles. The average Bonchev–Trinajstić information content (AvgIpc) is 2.92. The molecule has 4 rings (SSSR count). The first-order valence-corrected chi connectivity index (χ1v) is 10.00. The van der Waals surface area contributed by atoms with Crippen molar-refractivity contribution >= 4 is 22.6 Å². The Hall–Kier alpha value is -3.51. The van der Waals surface area contributed by atoms with Crippen molar-refractivity contribution in [3.63, 3.8) is 0 Å². The number of carbonyl (C=O) groups excluding carboxylic acids is 1. The third kappa shape index (κ3) is 4.49. The first kappa shape index (κ1) is 20.8. The number of isocyanates is 1. The largest absolute Gasteiger partial charge is 0.346 e. The fourth-order valence-corrected chi connectivity index (χ4v) is 3.88. The summed E-state index contributed by atoms with van der Waals surface area (Å²) in [6.45, 7) is 1.74. The van der Waals surface area contributed by atoms with Gasteiger partial charge in [0.2, 0.25) is 6.08 Å². The zero-order valence-corrected chi connectivity index (χ0v) is 17.1. The molecule has 0 saturated heterocycles. The normalized spacial score (nSPS) is 20.7. The second-order valence-electron chi connectivity index (χ2n) is 7.68. The Labute approximate surface area is 179 Å². The number of nitrogens with two attached hydrogens (primary N) is 1. The van der Waals surface area contributed by atoms with Gasteiger partial charge in [0.15, 0.2) is 5.72 Å². The number of para-hydroxylation sites is 1. The molecule has 0 fully saturated rings. The van der Waals surface area contributed by atoms with Crippen LogP contribution >= 0.6 is 0 Å². The molecule has 1 aliphatic rings. The van der Waals surface area contributed by atoms with Gasteiger partial charge in [-0.1, -0.05) is 54.6 Å². The molecule has 3 aromatic rings. The SMILES string of the molecule is Cc1cccc2cnc(CO[C@]3(N=C=O)CC(c4ccccc4)=C[C@@H](N)C3)c(=O)nc12. The molecule has 7 heteroatoms.